The highest BCUT2D eigenvalue weighted by Gasteiger charge is 2.09. The van der Waals surface area contributed by atoms with Gasteiger partial charge in [0, 0.05) is 9.68 Å². The summed E-state index contributed by atoms with van der Waals surface area (Å²) >= 11 is 0. The van der Waals surface area contributed by atoms with Crippen LogP contribution in [0, 0.1) is 0 Å². The molecule has 0 heterocycles. The molecule has 0 bridgehead atoms. The van der Waals surface area contributed by atoms with Crippen molar-refractivity contribution < 1.29 is 17.7 Å². The van der Waals surface area contributed by atoms with Gasteiger partial charge in [-0.05, 0) is 37.0 Å². The van der Waals surface area contributed by atoms with E-state index >= 15 is 0 Å². The van der Waals surface area contributed by atoms with Gasteiger partial charge in [0.05, 0.1) is 18.3 Å². The minimum Gasteiger partial charge on any atom is -0.496 e. The van der Waals surface area contributed by atoms with Crippen LogP contribution in [0.4, 0.5) is 0 Å². The molecule has 0 saturated heterocycles. The third-order valence-corrected chi connectivity index (χ3v) is 2.14. The van der Waals surface area contributed by atoms with Crippen molar-refractivity contribution in [3.8, 4) is 11.5 Å². The predicted octanol–water partition coefficient (Wildman–Crippen LogP) is 1.93. The molecule has 3 nitrogen and oxygen atoms in total. The topological polar surface area (TPSA) is 44.5 Å². The van der Waals surface area contributed by atoms with Gasteiger partial charge in [0.25, 0.3) is 0 Å². The van der Waals surface area contributed by atoms with Crippen molar-refractivity contribution in [1.82, 2.24) is 0 Å². The number of methoxy groups -OCH3 is 2. The molecule has 3 heteroatoms. The van der Waals surface area contributed by atoms with Crippen molar-refractivity contribution in [3.63, 3.8) is 0 Å². The Hall–Kier alpha value is -1.48. The molecular weight excluding hydrogens is 202 g/mol. The Morgan fingerprint density at radius 2 is 2.06 bits per heavy atom. The van der Waals surface area contributed by atoms with Crippen LogP contribution in [-0.4, -0.2) is 20.7 Å². The summed E-state index contributed by atoms with van der Waals surface area (Å²) in [6.45, 7) is -1.77. The summed E-state index contributed by atoms with van der Waals surface area (Å²) in [5.74, 6) is 0.458. The first-order valence-corrected chi connectivity index (χ1v) is 4.72. The molecule has 0 spiro atoms. The van der Waals surface area contributed by atoms with Crippen LogP contribution < -0.4 is 15.2 Å². The van der Waals surface area contributed by atoms with E-state index in [1.807, 2.05) is 0 Å². The highest BCUT2D eigenvalue weighted by Crippen LogP contribution is 2.29. The van der Waals surface area contributed by atoms with Crippen LogP contribution in [0.2, 0.25) is 0 Å². The van der Waals surface area contributed by atoms with E-state index < -0.39 is 25.5 Å². The summed E-state index contributed by atoms with van der Waals surface area (Å²) in [6.07, 6.45) is -2.19. The van der Waals surface area contributed by atoms with Crippen molar-refractivity contribution in [2.24, 2.45) is 5.73 Å². The molecule has 1 unspecified atom stereocenters. The normalized spacial score (nSPS) is 17.9. The van der Waals surface area contributed by atoms with E-state index in [1.54, 1.807) is 0 Å². The van der Waals surface area contributed by atoms with Crippen molar-refractivity contribution in [3.05, 3.63) is 35.8 Å². The van der Waals surface area contributed by atoms with Gasteiger partial charge in [-0.25, -0.2) is 0 Å². The molecule has 1 aromatic carbocycles. The molecule has 0 aromatic heterocycles. The Morgan fingerprint density at radius 1 is 1.44 bits per heavy atom. The third-order valence-electron chi connectivity index (χ3n) is 2.14. The molecule has 1 atom stereocenters. The predicted molar refractivity (Wildman–Crippen MR) is 66.2 cm³/mol. The molecular formula is C13H19NO2. The Kier molecular flexibility index (Phi) is 2.43. The maximum Gasteiger partial charge on any atom is 0.122 e. The number of aryl methyl sites for hydroxylation is 1. The molecule has 88 valence electrons. The van der Waals surface area contributed by atoms with Gasteiger partial charge in [0.1, 0.15) is 11.5 Å². The molecule has 2 N–H and O–H groups in total. The molecule has 0 radical (unpaired) electrons. The number of hydrogen-bond acceptors (Lipinski definition) is 3. The monoisotopic (exact) mass is 227 g/mol. The number of rotatable bonds is 6. The number of benzene rings is 1. The standard InChI is InChI=1S/C13H19NO2/c1-4-5-10-8-13(16-3)11(6-7-14)9-12(10)15-2/h4,8-9H,1,5-7,14H2,2-3H3/i1D2,4D,5D2,7D. The first-order valence-electron chi connectivity index (χ1n) is 7.80. The third kappa shape index (κ3) is 2.76. The first kappa shape index (κ1) is 6.30. The van der Waals surface area contributed by atoms with Gasteiger partial charge in [0.15, 0.2) is 0 Å². The summed E-state index contributed by atoms with van der Waals surface area (Å²) in [5, 5.41) is 0. The van der Waals surface area contributed by atoms with Gasteiger partial charge < -0.3 is 15.2 Å². The van der Waals surface area contributed by atoms with Gasteiger partial charge in [-0.3, -0.25) is 0 Å². The summed E-state index contributed by atoms with van der Waals surface area (Å²) in [5.41, 5.74) is 6.02. The maximum atomic E-state index is 8.02. The van der Waals surface area contributed by atoms with E-state index in [2.05, 4.69) is 0 Å². The molecule has 1 rings (SSSR count). The van der Waals surface area contributed by atoms with Gasteiger partial charge in [0.2, 0.25) is 0 Å². The van der Waals surface area contributed by atoms with E-state index in [4.69, 9.17) is 23.4 Å². The second-order valence-corrected chi connectivity index (χ2v) is 3.05. The molecule has 16 heavy (non-hydrogen) atoms. The van der Waals surface area contributed by atoms with Crippen LogP contribution in [-0.2, 0) is 12.8 Å². The van der Waals surface area contributed by atoms with Crippen LogP contribution in [0.1, 0.15) is 19.4 Å². The zero-order valence-corrected chi connectivity index (χ0v) is 9.33. The van der Waals surface area contributed by atoms with Crippen LogP contribution >= 0.6 is 0 Å². The maximum absolute atomic E-state index is 8.02. The van der Waals surface area contributed by atoms with Crippen molar-refractivity contribution in [2.45, 2.75) is 12.8 Å². The lowest BCUT2D eigenvalue weighted by atomic mass is 10.0. The van der Waals surface area contributed by atoms with Crippen LogP contribution in [0.3, 0.4) is 0 Å². The largest absolute Gasteiger partial charge is 0.496 e. The minimum atomic E-state index is -2.38. The van der Waals surface area contributed by atoms with E-state index in [-0.39, 0.29) is 17.7 Å². The van der Waals surface area contributed by atoms with Gasteiger partial charge in [-0.15, -0.1) is 6.53 Å². The second-order valence-electron chi connectivity index (χ2n) is 3.05. The molecule has 1 aromatic rings. The van der Waals surface area contributed by atoms with Gasteiger partial charge >= 0.3 is 0 Å². The number of nitrogens with two attached hydrogens (primary N) is 1. The average molecular weight is 227 g/mol. The van der Waals surface area contributed by atoms with Gasteiger partial charge in [-0.1, -0.05) is 6.05 Å². The second kappa shape index (κ2) is 6.18. The highest BCUT2D eigenvalue weighted by molar-refractivity contribution is 5.47. The lowest BCUT2D eigenvalue weighted by molar-refractivity contribution is 0.395. The first-order chi connectivity index (χ1) is 10.1. The molecule has 0 aliphatic rings. The summed E-state index contributed by atoms with van der Waals surface area (Å²) < 4.78 is 55.7. The molecule has 0 aliphatic heterocycles. The molecule has 0 aliphatic carbocycles. The van der Waals surface area contributed by atoms with E-state index in [1.165, 1.54) is 26.4 Å². The lowest BCUT2D eigenvalue weighted by Gasteiger charge is -2.13. The smallest absolute Gasteiger partial charge is 0.122 e. The SMILES string of the molecule is [2H]C([2H])=C([2H])C([2H])([2H])c1cc(OC)c(CC([2H])N)cc1OC. The summed E-state index contributed by atoms with van der Waals surface area (Å²) in [6, 6.07) is 2.08. The average Bonchev–Trinajstić information content (AvgIpc) is 2.44. The van der Waals surface area contributed by atoms with Crippen molar-refractivity contribution in [2.75, 3.05) is 20.7 Å². The van der Waals surface area contributed by atoms with Gasteiger partial charge in [-0.2, -0.15) is 0 Å². The number of ether oxygens (including phenoxy) is 2. The van der Waals surface area contributed by atoms with E-state index in [0.29, 0.717) is 11.3 Å². The molecule has 0 amide bonds. The quantitative estimate of drug-likeness (QED) is 0.755. The summed E-state index contributed by atoms with van der Waals surface area (Å²) in [4.78, 5) is 0. The summed E-state index contributed by atoms with van der Waals surface area (Å²) in [7, 11) is 2.75. The number of hydrogen-bond donors (Lipinski definition) is 1. The fourth-order valence-corrected chi connectivity index (χ4v) is 1.41. The zero-order valence-electron chi connectivity index (χ0n) is 15.3. The van der Waals surface area contributed by atoms with Crippen LogP contribution in [0.5, 0.6) is 11.5 Å². The van der Waals surface area contributed by atoms with E-state index in [0.717, 1.165) is 0 Å². The van der Waals surface area contributed by atoms with E-state index in [9.17, 15) is 0 Å². The lowest BCUT2D eigenvalue weighted by Crippen LogP contribution is -2.05. The Morgan fingerprint density at radius 3 is 2.62 bits per heavy atom. The van der Waals surface area contributed by atoms with Crippen LogP contribution in [0.15, 0.2) is 24.7 Å². The minimum absolute atomic E-state index is 0.0175. The molecule has 0 saturated carbocycles. The van der Waals surface area contributed by atoms with Crippen molar-refractivity contribution in [1.29, 1.82) is 0 Å². The zero-order chi connectivity index (χ0) is 17.1. The fraction of sp³-hybridized carbons (Fsp3) is 0.385. The van der Waals surface area contributed by atoms with Crippen molar-refractivity contribution >= 4 is 0 Å². The number of allylic oxidation sites excluding steroid dienone is 1. The highest BCUT2D eigenvalue weighted by atomic mass is 16.5. The Labute approximate surface area is 105 Å². The van der Waals surface area contributed by atoms with Crippen LogP contribution in [0.25, 0.3) is 0 Å². The molecule has 0 fully saturated rings. The fourth-order valence-electron chi connectivity index (χ4n) is 1.41. The Bertz CT molecular complexity index is 570. The Balaban J connectivity index is 3.52.